The summed E-state index contributed by atoms with van der Waals surface area (Å²) in [7, 11) is 0. The van der Waals surface area contributed by atoms with Crippen LogP contribution < -0.4 is 5.32 Å². The van der Waals surface area contributed by atoms with Crippen molar-refractivity contribution in [1.82, 2.24) is 35.1 Å². The Morgan fingerprint density at radius 2 is 1.65 bits per heavy atom. The second-order valence-corrected chi connectivity index (χ2v) is 10.1. The number of pyridine rings is 3. The maximum Gasteiger partial charge on any atom is 0.0977 e. The van der Waals surface area contributed by atoms with Crippen LogP contribution in [0.15, 0.2) is 73.3 Å². The van der Waals surface area contributed by atoms with Crippen LogP contribution >= 0.6 is 0 Å². The van der Waals surface area contributed by atoms with E-state index in [1.807, 2.05) is 43.6 Å². The summed E-state index contributed by atoms with van der Waals surface area (Å²) in [5.41, 5.74) is 8.84. The van der Waals surface area contributed by atoms with E-state index < -0.39 is 0 Å². The van der Waals surface area contributed by atoms with Gasteiger partial charge in [-0.3, -0.25) is 19.9 Å². The van der Waals surface area contributed by atoms with Crippen molar-refractivity contribution in [2.24, 2.45) is 0 Å². The summed E-state index contributed by atoms with van der Waals surface area (Å²) in [6.07, 6.45) is 5.61. The smallest absolute Gasteiger partial charge is 0.0977 e. The molecule has 37 heavy (non-hydrogen) atoms. The maximum atomic E-state index is 4.78. The number of hydrogen-bond acceptors (Lipinski definition) is 6. The number of nitrogens with one attached hydrogen (secondary N) is 2. The Hall–Kier alpha value is -3.94. The predicted octanol–water partition coefficient (Wildman–Crippen LogP) is 5.24. The molecule has 5 aromatic rings. The van der Waals surface area contributed by atoms with Gasteiger partial charge in [0.2, 0.25) is 0 Å². The zero-order chi connectivity index (χ0) is 25.4. The Morgan fingerprint density at radius 1 is 0.865 bits per heavy atom. The lowest BCUT2D eigenvalue weighted by Gasteiger charge is -2.35. The van der Waals surface area contributed by atoms with Gasteiger partial charge in [0.1, 0.15) is 0 Å². The number of fused-ring (bicyclic) bond motifs is 1. The minimum Gasteiger partial charge on any atom is -0.343 e. The minimum absolute atomic E-state index is 0.502. The molecule has 0 amide bonds. The van der Waals surface area contributed by atoms with Crippen LogP contribution in [-0.4, -0.2) is 55.0 Å². The molecular formula is C30H31N7. The van der Waals surface area contributed by atoms with E-state index in [1.165, 1.54) is 0 Å². The van der Waals surface area contributed by atoms with Gasteiger partial charge in [-0.1, -0.05) is 18.2 Å². The van der Waals surface area contributed by atoms with E-state index in [4.69, 9.17) is 9.97 Å². The fourth-order valence-electron chi connectivity index (χ4n) is 5.31. The largest absolute Gasteiger partial charge is 0.343 e. The quantitative estimate of drug-likeness (QED) is 0.351. The van der Waals surface area contributed by atoms with Gasteiger partial charge in [-0.05, 0) is 57.2 Å². The molecular weight excluding hydrogens is 458 g/mol. The van der Waals surface area contributed by atoms with Gasteiger partial charge in [0.25, 0.3) is 0 Å². The predicted molar refractivity (Wildman–Crippen MR) is 148 cm³/mol. The van der Waals surface area contributed by atoms with Gasteiger partial charge in [-0.15, -0.1) is 0 Å². The number of nitrogens with zero attached hydrogens (tertiary/aromatic N) is 5. The number of imidazole rings is 1. The zero-order valence-corrected chi connectivity index (χ0v) is 21.4. The highest BCUT2D eigenvalue weighted by atomic mass is 15.2. The number of hydrogen-bond donors (Lipinski definition) is 2. The first-order valence-electron chi connectivity index (χ1n) is 12.8. The molecule has 2 N–H and O–H groups in total. The summed E-state index contributed by atoms with van der Waals surface area (Å²) in [6, 6.07) is 19.8. The number of aryl methyl sites for hydroxylation is 1. The van der Waals surface area contributed by atoms with Gasteiger partial charge in [0.05, 0.1) is 34.6 Å². The third kappa shape index (κ3) is 5.01. The average Bonchev–Trinajstić information content (AvgIpc) is 3.38. The molecule has 6 rings (SSSR count). The van der Waals surface area contributed by atoms with Crippen molar-refractivity contribution in [3.8, 4) is 33.8 Å². The van der Waals surface area contributed by atoms with Crippen molar-refractivity contribution in [3.63, 3.8) is 0 Å². The second-order valence-electron chi connectivity index (χ2n) is 10.1. The second kappa shape index (κ2) is 9.84. The summed E-state index contributed by atoms with van der Waals surface area (Å²) in [6.45, 7) is 9.44. The molecule has 0 saturated carbocycles. The van der Waals surface area contributed by atoms with Crippen molar-refractivity contribution < 1.29 is 0 Å². The molecule has 0 unspecified atom stereocenters. The lowest BCUT2D eigenvalue weighted by molar-refractivity contribution is 0.165. The summed E-state index contributed by atoms with van der Waals surface area (Å²) >= 11 is 0. The Bertz CT molecular complexity index is 1530. The number of aromatic amines is 1. The number of piperazine rings is 1. The fourth-order valence-corrected chi connectivity index (χ4v) is 5.31. The van der Waals surface area contributed by atoms with Gasteiger partial charge >= 0.3 is 0 Å². The van der Waals surface area contributed by atoms with Crippen LogP contribution in [0.4, 0.5) is 0 Å². The molecule has 186 valence electrons. The molecule has 7 nitrogen and oxygen atoms in total. The van der Waals surface area contributed by atoms with Crippen molar-refractivity contribution >= 4 is 10.9 Å². The average molecular weight is 490 g/mol. The lowest BCUT2D eigenvalue weighted by atomic mass is 10.0. The van der Waals surface area contributed by atoms with Crippen molar-refractivity contribution in [2.45, 2.75) is 39.4 Å². The van der Waals surface area contributed by atoms with Crippen LogP contribution in [0.2, 0.25) is 0 Å². The topological polar surface area (TPSA) is 82.6 Å². The molecule has 1 aliphatic rings. The summed E-state index contributed by atoms with van der Waals surface area (Å²) in [5, 5.41) is 4.65. The van der Waals surface area contributed by atoms with Gasteiger partial charge < -0.3 is 10.3 Å². The molecule has 0 aliphatic carbocycles. The number of H-pyrrole nitrogens is 1. The van der Waals surface area contributed by atoms with E-state index in [9.17, 15) is 0 Å². The van der Waals surface area contributed by atoms with E-state index in [-0.39, 0.29) is 0 Å². The van der Waals surface area contributed by atoms with Crippen LogP contribution in [-0.2, 0) is 6.54 Å². The summed E-state index contributed by atoms with van der Waals surface area (Å²) in [5.74, 6) is 0. The molecule has 0 radical (unpaired) electrons. The van der Waals surface area contributed by atoms with Crippen molar-refractivity contribution in [3.05, 3.63) is 84.7 Å². The van der Waals surface area contributed by atoms with Crippen molar-refractivity contribution in [2.75, 3.05) is 13.1 Å². The van der Waals surface area contributed by atoms with Gasteiger partial charge in [0, 0.05) is 71.9 Å². The molecule has 2 atom stereocenters. The Labute approximate surface area is 217 Å². The Kier molecular flexibility index (Phi) is 6.24. The third-order valence-corrected chi connectivity index (χ3v) is 6.92. The summed E-state index contributed by atoms with van der Waals surface area (Å²) < 4.78 is 0. The molecule has 1 aliphatic heterocycles. The van der Waals surface area contributed by atoms with Gasteiger partial charge in [-0.2, -0.15) is 0 Å². The first kappa shape index (κ1) is 23.5. The molecule has 1 saturated heterocycles. The highest BCUT2D eigenvalue weighted by Crippen LogP contribution is 2.31. The molecule has 1 fully saturated rings. The molecule has 7 heteroatoms. The maximum absolute atomic E-state index is 4.78. The zero-order valence-electron chi connectivity index (χ0n) is 21.4. The first-order valence-corrected chi connectivity index (χ1v) is 12.8. The standard InChI is InChI=1S/C30H31N7/c1-19-5-4-6-28(36-19)30-29(33-18-34-30)22-8-10-27-24(11-22)12-25(14-32-27)23-7-9-26(31-13-23)17-37-15-20(2)35-21(3)16-37/h4-14,18,20-21,35H,15-17H2,1-3H3,(H,33,34)/t20-,21+. The third-order valence-electron chi connectivity index (χ3n) is 6.92. The highest BCUT2D eigenvalue weighted by Gasteiger charge is 2.21. The van der Waals surface area contributed by atoms with E-state index >= 15 is 0 Å². The monoisotopic (exact) mass is 489 g/mol. The molecule has 1 aromatic carbocycles. The molecule has 0 spiro atoms. The van der Waals surface area contributed by atoms with E-state index in [0.29, 0.717) is 12.1 Å². The van der Waals surface area contributed by atoms with Crippen LogP contribution in [0, 0.1) is 6.92 Å². The summed E-state index contributed by atoms with van der Waals surface area (Å²) in [4.78, 5) is 24.5. The van der Waals surface area contributed by atoms with Crippen LogP contribution in [0.25, 0.3) is 44.7 Å². The van der Waals surface area contributed by atoms with Crippen LogP contribution in [0.3, 0.4) is 0 Å². The SMILES string of the molecule is Cc1cccc(-c2[nH]cnc2-c2ccc3ncc(-c4ccc(CN5C[C@@H](C)N[C@@H](C)C5)nc4)cc3c2)n1. The van der Waals surface area contributed by atoms with Gasteiger partial charge in [-0.25, -0.2) is 4.98 Å². The Morgan fingerprint density at radius 3 is 2.43 bits per heavy atom. The van der Waals surface area contributed by atoms with Crippen LogP contribution in [0.5, 0.6) is 0 Å². The molecule has 4 aromatic heterocycles. The molecule has 5 heterocycles. The lowest BCUT2D eigenvalue weighted by Crippen LogP contribution is -2.53. The number of rotatable bonds is 5. The van der Waals surface area contributed by atoms with Crippen LogP contribution in [0.1, 0.15) is 25.2 Å². The Balaban J connectivity index is 1.26. The highest BCUT2D eigenvalue weighted by molar-refractivity contribution is 5.89. The minimum atomic E-state index is 0.502. The number of benzene rings is 1. The van der Waals surface area contributed by atoms with Gasteiger partial charge in [0.15, 0.2) is 0 Å². The number of aromatic nitrogens is 5. The molecule has 0 bridgehead atoms. The van der Waals surface area contributed by atoms with Crippen molar-refractivity contribution in [1.29, 1.82) is 0 Å². The fraction of sp³-hybridized carbons (Fsp3) is 0.267. The van der Waals surface area contributed by atoms with E-state index in [0.717, 1.165) is 75.7 Å². The van der Waals surface area contributed by atoms with E-state index in [2.05, 4.69) is 69.3 Å². The first-order chi connectivity index (χ1) is 18.0. The van der Waals surface area contributed by atoms with E-state index in [1.54, 1.807) is 6.33 Å². The normalized spacial score (nSPS) is 18.4.